The molecule has 2 heterocycles. The summed E-state index contributed by atoms with van der Waals surface area (Å²) in [5.74, 6) is -1.58. The number of hydrogen-bond donors (Lipinski definition) is 2. The van der Waals surface area contributed by atoms with E-state index >= 15 is 0 Å². The summed E-state index contributed by atoms with van der Waals surface area (Å²) in [6.07, 6.45) is 1.60. The Morgan fingerprint density at radius 1 is 1.19 bits per heavy atom. The summed E-state index contributed by atoms with van der Waals surface area (Å²) < 4.78 is 20.9. The number of halogens is 2. The normalized spacial score (nSPS) is 12.0. The summed E-state index contributed by atoms with van der Waals surface area (Å²) in [4.78, 5) is 25.1. The monoisotopic (exact) mass is 458 g/mol. The van der Waals surface area contributed by atoms with Gasteiger partial charge in [0.25, 0.3) is 5.56 Å². The number of ether oxygens (including phenoxy) is 1. The van der Waals surface area contributed by atoms with Crippen LogP contribution in [0.1, 0.15) is 10.9 Å². The minimum Gasteiger partial charge on any atom is -0.494 e. The molecule has 1 unspecified atom stereocenters. The van der Waals surface area contributed by atoms with Gasteiger partial charge in [0.1, 0.15) is 0 Å². The van der Waals surface area contributed by atoms with Gasteiger partial charge in [0.2, 0.25) is 0 Å². The molecular weight excluding hydrogens is 443 g/mol. The van der Waals surface area contributed by atoms with E-state index in [0.29, 0.717) is 26.0 Å². The molecule has 6 nitrogen and oxygen atoms in total. The fourth-order valence-corrected chi connectivity index (χ4v) is 4.33. The molecule has 0 amide bonds. The molecule has 0 saturated carbocycles. The van der Waals surface area contributed by atoms with Crippen LogP contribution in [0.25, 0.3) is 16.5 Å². The summed E-state index contributed by atoms with van der Waals surface area (Å²) in [5.41, 5.74) is 0.737. The number of methoxy groups -OCH3 is 1. The predicted octanol–water partition coefficient (Wildman–Crippen LogP) is 5.09. The van der Waals surface area contributed by atoms with Crippen LogP contribution < -0.4 is 15.6 Å². The number of carboxylic acid groups (broad SMARTS) is 1. The third-order valence-electron chi connectivity index (χ3n) is 4.76. The molecule has 2 aromatic carbocycles. The first-order chi connectivity index (χ1) is 14.9. The molecule has 0 saturated heterocycles. The number of aromatic nitrogens is 1. The maximum atomic E-state index is 14.1. The first-order valence-electron chi connectivity index (χ1n) is 9.11. The zero-order valence-corrected chi connectivity index (χ0v) is 17.7. The Kier molecular flexibility index (Phi) is 5.67. The number of anilines is 1. The lowest BCUT2D eigenvalue weighted by Gasteiger charge is -2.15. The van der Waals surface area contributed by atoms with Gasteiger partial charge >= 0.3 is 5.97 Å². The summed E-state index contributed by atoms with van der Waals surface area (Å²) in [6.45, 7) is 0. The van der Waals surface area contributed by atoms with Crippen molar-refractivity contribution in [1.82, 2.24) is 4.57 Å². The first kappa shape index (κ1) is 20.9. The fraction of sp³-hybridized carbons (Fsp3) is 0.0909. The van der Waals surface area contributed by atoms with E-state index in [2.05, 4.69) is 5.32 Å². The smallest absolute Gasteiger partial charge is 0.331 e. The van der Waals surface area contributed by atoms with E-state index in [4.69, 9.17) is 16.3 Å². The molecule has 0 radical (unpaired) electrons. The van der Waals surface area contributed by atoms with E-state index in [1.54, 1.807) is 48.7 Å². The van der Waals surface area contributed by atoms with E-state index in [1.165, 1.54) is 29.1 Å². The van der Waals surface area contributed by atoms with Crippen LogP contribution in [0.15, 0.2) is 65.6 Å². The average Bonchev–Trinajstić information content (AvgIpc) is 3.18. The van der Waals surface area contributed by atoms with Gasteiger partial charge in [-0.3, -0.25) is 9.36 Å². The third-order valence-corrected chi connectivity index (χ3v) is 6.05. The highest BCUT2D eigenvalue weighted by Gasteiger charge is 2.21. The molecular formula is C22H16ClFN2O4S. The van der Waals surface area contributed by atoms with E-state index in [1.807, 2.05) is 0 Å². The number of fused-ring (bicyclic) bond motifs is 1. The quantitative estimate of drug-likeness (QED) is 0.420. The second-order valence-corrected chi connectivity index (χ2v) is 8.42. The van der Waals surface area contributed by atoms with Gasteiger partial charge in [0.05, 0.1) is 16.8 Å². The average molecular weight is 459 g/mol. The van der Waals surface area contributed by atoms with Gasteiger partial charge in [-0.05, 0) is 60.0 Å². The molecule has 0 bridgehead atoms. The van der Waals surface area contributed by atoms with Crippen LogP contribution >= 0.6 is 22.9 Å². The zero-order valence-electron chi connectivity index (χ0n) is 16.1. The Labute approximate surface area is 185 Å². The standard InChI is InChI=1S/C22H16ClFN2O4S/c1-30-17-10-12-8-9-26(21(27)15(12)11-16(17)24)14-4-2-13(3-5-14)25-20(22(28)29)18-6-7-19(23)31-18/h2-11,20,25H,1H3,(H,28,29). The topological polar surface area (TPSA) is 80.6 Å². The Morgan fingerprint density at radius 2 is 1.94 bits per heavy atom. The maximum absolute atomic E-state index is 14.1. The lowest BCUT2D eigenvalue weighted by molar-refractivity contribution is -0.138. The van der Waals surface area contributed by atoms with Crippen LogP contribution in [0.4, 0.5) is 10.1 Å². The van der Waals surface area contributed by atoms with E-state index in [-0.39, 0.29) is 16.7 Å². The van der Waals surface area contributed by atoms with E-state index in [9.17, 15) is 19.1 Å². The van der Waals surface area contributed by atoms with Gasteiger partial charge in [-0.25, -0.2) is 9.18 Å². The van der Waals surface area contributed by atoms with Gasteiger partial charge in [-0.2, -0.15) is 0 Å². The predicted molar refractivity (Wildman–Crippen MR) is 119 cm³/mol. The fourth-order valence-electron chi connectivity index (χ4n) is 3.23. The number of carbonyl (C=O) groups is 1. The van der Waals surface area contributed by atoms with Crippen molar-refractivity contribution in [3.8, 4) is 11.4 Å². The van der Waals surface area contributed by atoms with Crippen LogP contribution in [0.5, 0.6) is 5.75 Å². The summed E-state index contributed by atoms with van der Waals surface area (Å²) in [5, 5.41) is 13.3. The zero-order chi connectivity index (χ0) is 22.1. The minimum absolute atomic E-state index is 0.0695. The van der Waals surface area contributed by atoms with Crippen LogP contribution in [0.2, 0.25) is 4.34 Å². The van der Waals surface area contributed by atoms with Crippen molar-refractivity contribution >= 4 is 45.4 Å². The number of rotatable bonds is 6. The minimum atomic E-state index is -1.04. The Hall–Kier alpha value is -3.36. The second kappa shape index (κ2) is 8.41. The van der Waals surface area contributed by atoms with Crippen molar-refractivity contribution in [2.45, 2.75) is 6.04 Å². The van der Waals surface area contributed by atoms with E-state index < -0.39 is 17.8 Å². The maximum Gasteiger partial charge on any atom is 0.331 e. The molecule has 0 aliphatic carbocycles. The first-order valence-corrected chi connectivity index (χ1v) is 10.3. The van der Waals surface area contributed by atoms with Gasteiger partial charge in [0, 0.05) is 22.4 Å². The second-order valence-electron chi connectivity index (χ2n) is 6.67. The molecule has 1 atom stereocenters. The van der Waals surface area contributed by atoms with Gasteiger partial charge in [0.15, 0.2) is 17.6 Å². The molecule has 0 spiro atoms. The van der Waals surface area contributed by atoms with Crippen LogP contribution in [0, 0.1) is 5.82 Å². The Balaban J connectivity index is 1.65. The molecule has 31 heavy (non-hydrogen) atoms. The van der Waals surface area contributed by atoms with Crippen LogP contribution in [0.3, 0.4) is 0 Å². The molecule has 0 aliphatic heterocycles. The molecule has 2 N–H and O–H groups in total. The highest BCUT2D eigenvalue weighted by Crippen LogP contribution is 2.30. The number of carboxylic acids is 1. The number of nitrogens with zero attached hydrogens (tertiary/aromatic N) is 1. The molecule has 158 valence electrons. The van der Waals surface area contributed by atoms with Crippen molar-refractivity contribution in [3.63, 3.8) is 0 Å². The Bertz CT molecular complexity index is 1330. The highest BCUT2D eigenvalue weighted by atomic mass is 35.5. The van der Waals surface area contributed by atoms with Crippen molar-refractivity contribution in [1.29, 1.82) is 0 Å². The van der Waals surface area contributed by atoms with Gasteiger partial charge in [-0.15, -0.1) is 11.3 Å². The van der Waals surface area contributed by atoms with Crippen molar-refractivity contribution in [2.24, 2.45) is 0 Å². The number of thiophene rings is 1. The third kappa shape index (κ3) is 4.12. The van der Waals surface area contributed by atoms with Gasteiger partial charge in [-0.1, -0.05) is 11.6 Å². The summed E-state index contributed by atoms with van der Waals surface area (Å²) in [6, 6.07) is 13.4. The number of hydrogen-bond acceptors (Lipinski definition) is 5. The molecule has 2 aromatic heterocycles. The number of nitrogens with one attached hydrogen (secondary N) is 1. The van der Waals surface area contributed by atoms with Crippen molar-refractivity contribution in [3.05, 3.63) is 86.2 Å². The summed E-state index contributed by atoms with van der Waals surface area (Å²) >= 11 is 7.11. The number of benzene rings is 2. The molecule has 0 fully saturated rings. The molecule has 9 heteroatoms. The largest absolute Gasteiger partial charge is 0.494 e. The van der Waals surface area contributed by atoms with Crippen LogP contribution in [-0.4, -0.2) is 22.8 Å². The number of aliphatic carboxylic acids is 1. The Morgan fingerprint density at radius 3 is 2.55 bits per heavy atom. The molecule has 4 aromatic rings. The SMILES string of the molecule is COc1cc2ccn(-c3ccc(NC(C(=O)O)c4ccc(Cl)s4)cc3)c(=O)c2cc1F. The van der Waals surface area contributed by atoms with Crippen molar-refractivity contribution < 1.29 is 19.0 Å². The lowest BCUT2D eigenvalue weighted by Crippen LogP contribution is -2.20. The summed E-state index contributed by atoms with van der Waals surface area (Å²) in [7, 11) is 1.36. The lowest BCUT2D eigenvalue weighted by atomic mass is 10.1. The molecule has 4 rings (SSSR count). The van der Waals surface area contributed by atoms with Gasteiger partial charge < -0.3 is 15.2 Å². The van der Waals surface area contributed by atoms with Crippen molar-refractivity contribution in [2.75, 3.05) is 12.4 Å². The highest BCUT2D eigenvalue weighted by molar-refractivity contribution is 7.16. The number of pyridine rings is 1. The van der Waals surface area contributed by atoms with E-state index in [0.717, 1.165) is 6.07 Å². The molecule has 0 aliphatic rings. The van der Waals surface area contributed by atoms with Crippen LogP contribution in [-0.2, 0) is 4.79 Å².